The molecule has 1 aromatic carbocycles. The minimum atomic E-state index is -0.443. The number of carbonyl (C=O) groups is 2. The molecule has 3 rings (SSSR count). The second-order valence-electron chi connectivity index (χ2n) is 5.50. The van der Waals surface area contributed by atoms with Gasteiger partial charge in [0.05, 0.1) is 0 Å². The predicted molar refractivity (Wildman–Crippen MR) is 76.1 cm³/mol. The molecule has 5 nitrogen and oxygen atoms in total. The quantitative estimate of drug-likeness (QED) is 0.840. The van der Waals surface area contributed by atoms with Crippen molar-refractivity contribution in [3.05, 3.63) is 29.8 Å². The Bertz CT molecular complexity index is 519. The van der Waals surface area contributed by atoms with Crippen molar-refractivity contribution in [2.75, 3.05) is 11.9 Å². The number of nitrogens with zero attached hydrogens (tertiary/aromatic N) is 1. The third kappa shape index (κ3) is 2.24. The lowest BCUT2D eigenvalue weighted by atomic mass is 9.99. The predicted octanol–water partition coefficient (Wildman–Crippen LogP) is 0.890. The first-order chi connectivity index (χ1) is 9.66. The average Bonchev–Trinajstić information content (AvgIpc) is 2.90. The number of benzene rings is 1. The van der Waals surface area contributed by atoms with Gasteiger partial charge in [-0.05, 0) is 30.9 Å². The lowest BCUT2D eigenvalue weighted by molar-refractivity contribution is -0.141. The molecule has 1 unspecified atom stereocenters. The zero-order chi connectivity index (χ0) is 14.1. The zero-order valence-corrected chi connectivity index (χ0v) is 11.3. The lowest BCUT2D eigenvalue weighted by Crippen LogP contribution is -2.54. The Morgan fingerprint density at radius 2 is 2.05 bits per heavy atom. The molecule has 0 spiro atoms. The van der Waals surface area contributed by atoms with Gasteiger partial charge in [-0.1, -0.05) is 18.2 Å². The van der Waals surface area contributed by atoms with Gasteiger partial charge in [-0.3, -0.25) is 9.59 Å². The van der Waals surface area contributed by atoms with Crippen LogP contribution in [0.4, 0.5) is 5.69 Å². The number of rotatable bonds is 2. The fourth-order valence-corrected chi connectivity index (χ4v) is 3.14. The fraction of sp³-hybridized carbons (Fsp3) is 0.467. The van der Waals surface area contributed by atoms with Crippen molar-refractivity contribution in [1.29, 1.82) is 0 Å². The van der Waals surface area contributed by atoms with Crippen molar-refractivity contribution < 1.29 is 9.59 Å². The molecule has 20 heavy (non-hydrogen) atoms. The Hall–Kier alpha value is -2.04. The third-order valence-corrected chi connectivity index (χ3v) is 4.18. The van der Waals surface area contributed by atoms with Crippen LogP contribution in [0.3, 0.4) is 0 Å². The van der Waals surface area contributed by atoms with Crippen molar-refractivity contribution in [2.24, 2.45) is 5.73 Å². The summed E-state index contributed by atoms with van der Waals surface area (Å²) >= 11 is 0. The summed E-state index contributed by atoms with van der Waals surface area (Å²) in [4.78, 5) is 25.8. The number of para-hydroxylation sites is 1. The first-order valence-corrected chi connectivity index (χ1v) is 7.11. The molecule has 2 heterocycles. The summed E-state index contributed by atoms with van der Waals surface area (Å²) < 4.78 is 0. The zero-order valence-electron chi connectivity index (χ0n) is 11.3. The van der Waals surface area contributed by atoms with Gasteiger partial charge in [0.2, 0.25) is 11.8 Å². The van der Waals surface area contributed by atoms with E-state index in [2.05, 4.69) is 5.32 Å². The molecular formula is C15H19N3O2. The van der Waals surface area contributed by atoms with E-state index in [9.17, 15) is 9.59 Å². The van der Waals surface area contributed by atoms with E-state index in [4.69, 9.17) is 5.73 Å². The lowest BCUT2D eigenvalue weighted by Gasteiger charge is -2.35. The molecule has 5 heteroatoms. The number of primary amides is 1. The molecule has 1 aromatic rings. The minimum absolute atomic E-state index is 0.00954. The van der Waals surface area contributed by atoms with Crippen molar-refractivity contribution in [2.45, 2.75) is 37.8 Å². The van der Waals surface area contributed by atoms with Gasteiger partial charge >= 0.3 is 0 Å². The second-order valence-corrected chi connectivity index (χ2v) is 5.50. The topological polar surface area (TPSA) is 75.4 Å². The van der Waals surface area contributed by atoms with Crippen LogP contribution in [0.1, 0.15) is 24.8 Å². The SMILES string of the molecule is NC(=O)C1CCCCN1C(=O)[C@@H]1Cc2ccccc2N1. The third-order valence-electron chi connectivity index (χ3n) is 4.18. The van der Waals surface area contributed by atoms with Crippen molar-refractivity contribution in [3.63, 3.8) is 0 Å². The Morgan fingerprint density at radius 1 is 1.25 bits per heavy atom. The number of nitrogens with two attached hydrogens (primary N) is 1. The number of nitrogens with one attached hydrogen (secondary N) is 1. The number of hydrogen-bond donors (Lipinski definition) is 2. The van der Waals surface area contributed by atoms with Crippen LogP contribution in [-0.4, -0.2) is 35.3 Å². The van der Waals surface area contributed by atoms with Crippen molar-refractivity contribution >= 4 is 17.5 Å². The van der Waals surface area contributed by atoms with Gasteiger partial charge in [0.25, 0.3) is 0 Å². The van der Waals surface area contributed by atoms with Gasteiger partial charge in [0.1, 0.15) is 12.1 Å². The summed E-state index contributed by atoms with van der Waals surface area (Å²) in [5.74, 6) is -0.404. The fourth-order valence-electron chi connectivity index (χ4n) is 3.14. The molecule has 0 saturated carbocycles. The van der Waals surface area contributed by atoms with E-state index in [0.717, 1.165) is 24.1 Å². The summed E-state index contributed by atoms with van der Waals surface area (Å²) in [7, 11) is 0. The molecule has 2 aliphatic rings. The average molecular weight is 273 g/mol. The molecule has 1 saturated heterocycles. The summed E-state index contributed by atoms with van der Waals surface area (Å²) in [6.45, 7) is 0.626. The van der Waals surface area contributed by atoms with Crippen LogP contribution >= 0.6 is 0 Å². The summed E-state index contributed by atoms with van der Waals surface area (Å²) in [5.41, 5.74) is 7.59. The highest BCUT2D eigenvalue weighted by Gasteiger charge is 2.36. The molecule has 0 aromatic heterocycles. The molecule has 1 fully saturated rings. The van der Waals surface area contributed by atoms with E-state index in [1.807, 2.05) is 24.3 Å². The van der Waals surface area contributed by atoms with E-state index in [1.165, 1.54) is 0 Å². The molecular weight excluding hydrogens is 254 g/mol. The maximum absolute atomic E-state index is 12.6. The van der Waals surface area contributed by atoms with E-state index in [-0.39, 0.29) is 11.9 Å². The van der Waals surface area contributed by atoms with Gasteiger partial charge in [0.15, 0.2) is 0 Å². The molecule has 0 bridgehead atoms. The van der Waals surface area contributed by atoms with E-state index < -0.39 is 11.9 Å². The summed E-state index contributed by atoms with van der Waals surface area (Å²) in [6.07, 6.45) is 3.25. The summed E-state index contributed by atoms with van der Waals surface area (Å²) in [5, 5.41) is 3.25. The van der Waals surface area contributed by atoms with Gasteiger partial charge in [-0.25, -0.2) is 0 Å². The number of carbonyl (C=O) groups excluding carboxylic acids is 2. The van der Waals surface area contributed by atoms with Gasteiger partial charge in [0, 0.05) is 18.7 Å². The van der Waals surface area contributed by atoms with E-state index in [0.29, 0.717) is 19.4 Å². The highest BCUT2D eigenvalue weighted by molar-refractivity contribution is 5.92. The second kappa shape index (κ2) is 5.15. The number of fused-ring (bicyclic) bond motifs is 1. The molecule has 106 valence electrons. The number of anilines is 1. The molecule has 3 N–H and O–H groups in total. The smallest absolute Gasteiger partial charge is 0.246 e. The highest BCUT2D eigenvalue weighted by Crippen LogP contribution is 2.27. The maximum Gasteiger partial charge on any atom is 0.246 e. The number of amides is 2. The van der Waals surface area contributed by atoms with Crippen LogP contribution in [0.2, 0.25) is 0 Å². The maximum atomic E-state index is 12.6. The van der Waals surface area contributed by atoms with Gasteiger partial charge in [-0.15, -0.1) is 0 Å². The largest absolute Gasteiger partial charge is 0.373 e. The Morgan fingerprint density at radius 3 is 2.80 bits per heavy atom. The van der Waals surface area contributed by atoms with Crippen LogP contribution in [0.25, 0.3) is 0 Å². The monoisotopic (exact) mass is 273 g/mol. The molecule has 0 radical (unpaired) electrons. The summed E-state index contributed by atoms with van der Waals surface area (Å²) in [6, 6.07) is 7.21. The Labute approximate surface area is 118 Å². The normalized spacial score (nSPS) is 24.9. The Balaban J connectivity index is 1.75. The molecule has 2 atom stereocenters. The number of hydrogen-bond acceptors (Lipinski definition) is 3. The van der Waals surface area contributed by atoms with Crippen LogP contribution in [0.15, 0.2) is 24.3 Å². The van der Waals surface area contributed by atoms with E-state index >= 15 is 0 Å². The van der Waals surface area contributed by atoms with Crippen LogP contribution in [0.5, 0.6) is 0 Å². The van der Waals surface area contributed by atoms with Crippen LogP contribution in [-0.2, 0) is 16.0 Å². The molecule has 2 amide bonds. The number of piperidine rings is 1. The van der Waals surface area contributed by atoms with E-state index in [1.54, 1.807) is 4.90 Å². The highest BCUT2D eigenvalue weighted by atomic mass is 16.2. The van der Waals surface area contributed by atoms with Crippen LogP contribution < -0.4 is 11.1 Å². The standard InChI is InChI=1S/C15H19N3O2/c16-14(19)13-7-3-4-8-18(13)15(20)12-9-10-5-1-2-6-11(10)17-12/h1-2,5-6,12-13,17H,3-4,7-9H2,(H2,16,19)/t12-,13?/m0/s1. The first kappa shape index (κ1) is 13.0. The van der Waals surface area contributed by atoms with Gasteiger partial charge < -0.3 is 16.0 Å². The van der Waals surface area contributed by atoms with Crippen molar-refractivity contribution in [3.8, 4) is 0 Å². The molecule has 2 aliphatic heterocycles. The van der Waals surface area contributed by atoms with Gasteiger partial charge in [-0.2, -0.15) is 0 Å². The Kier molecular flexibility index (Phi) is 3.34. The number of likely N-dealkylation sites (tertiary alicyclic amines) is 1. The van der Waals surface area contributed by atoms with Crippen LogP contribution in [0, 0.1) is 0 Å². The minimum Gasteiger partial charge on any atom is -0.373 e. The first-order valence-electron chi connectivity index (χ1n) is 7.11. The molecule has 0 aliphatic carbocycles. The van der Waals surface area contributed by atoms with Crippen molar-refractivity contribution in [1.82, 2.24) is 4.90 Å².